The molecule has 0 unspecified atom stereocenters. The highest BCUT2D eigenvalue weighted by atomic mass is 16.5. The molecule has 1 aliphatic rings. The van der Waals surface area contributed by atoms with Crippen molar-refractivity contribution in [2.45, 2.75) is 19.3 Å². The number of amides is 2. The Balaban J connectivity index is 1.76. The summed E-state index contributed by atoms with van der Waals surface area (Å²) in [4.78, 5) is 38.8. The zero-order valence-corrected chi connectivity index (χ0v) is 13.4. The van der Waals surface area contributed by atoms with E-state index >= 15 is 0 Å². The van der Waals surface area contributed by atoms with Crippen molar-refractivity contribution >= 4 is 17.8 Å². The number of benzene rings is 1. The van der Waals surface area contributed by atoms with Gasteiger partial charge in [0.15, 0.2) is 0 Å². The Morgan fingerprint density at radius 2 is 1.48 bits per heavy atom. The van der Waals surface area contributed by atoms with Gasteiger partial charge in [-0.15, -0.1) is 0 Å². The van der Waals surface area contributed by atoms with Gasteiger partial charge in [0.2, 0.25) is 11.8 Å². The van der Waals surface area contributed by atoms with Gasteiger partial charge < -0.3 is 14.5 Å². The van der Waals surface area contributed by atoms with Crippen LogP contribution in [0.2, 0.25) is 0 Å². The van der Waals surface area contributed by atoms with E-state index in [2.05, 4.69) is 4.74 Å². The summed E-state index contributed by atoms with van der Waals surface area (Å²) in [7, 11) is 1.31. The molecule has 6 nitrogen and oxygen atoms in total. The third-order valence-electron chi connectivity index (χ3n) is 3.95. The van der Waals surface area contributed by atoms with Crippen LogP contribution in [-0.4, -0.2) is 60.9 Å². The molecule has 23 heavy (non-hydrogen) atoms. The average Bonchev–Trinajstić information content (AvgIpc) is 2.60. The highest BCUT2D eigenvalue weighted by Gasteiger charge is 2.24. The van der Waals surface area contributed by atoms with E-state index in [1.807, 2.05) is 30.3 Å². The maximum Gasteiger partial charge on any atom is 0.306 e. The molecule has 0 N–H and O–H groups in total. The lowest BCUT2D eigenvalue weighted by atomic mass is 10.1. The van der Waals surface area contributed by atoms with Gasteiger partial charge >= 0.3 is 5.97 Å². The summed E-state index contributed by atoms with van der Waals surface area (Å²) in [5.41, 5.74) is 0.995. The molecular weight excluding hydrogens is 296 g/mol. The maximum atomic E-state index is 12.3. The molecule has 0 aliphatic carbocycles. The number of carbonyl (C=O) groups excluding carboxylic acids is 3. The number of esters is 1. The largest absolute Gasteiger partial charge is 0.469 e. The van der Waals surface area contributed by atoms with Crippen LogP contribution >= 0.6 is 0 Å². The lowest BCUT2D eigenvalue weighted by Crippen LogP contribution is -2.51. The topological polar surface area (TPSA) is 66.9 Å². The van der Waals surface area contributed by atoms with Crippen molar-refractivity contribution in [2.75, 3.05) is 33.3 Å². The highest BCUT2D eigenvalue weighted by molar-refractivity contribution is 5.82. The van der Waals surface area contributed by atoms with Crippen LogP contribution in [0.25, 0.3) is 0 Å². The minimum absolute atomic E-state index is 0.0643. The van der Waals surface area contributed by atoms with Crippen molar-refractivity contribution in [1.82, 2.24) is 9.80 Å². The molecule has 1 saturated heterocycles. The maximum absolute atomic E-state index is 12.3. The molecule has 0 radical (unpaired) electrons. The first kappa shape index (κ1) is 17.0. The second-order valence-corrected chi connectivity index (χ2v) is 5.50. The Labute approximate surface area is 136 Å². The molecule has 0 spiro atoms. The molecule has 0 atom stereocenters. The van der Waals surface area contributed by atoms with Gasteiger partial charge in [-0.05, 0) is 5.56 Å². The fraction of sp³-hybridized carbons (Fsp3) is 0.471. The molecule has 0 bridgehead atoms. The van der Waals surface area contributed by atoms with E-state index in [9.17, 15) is 14.4 Å². The molecular formula is C17H22N2O4. The van der Waals surface area contributed by atoms with E-state index in [-0.39, 0.29) is 30.6 Å². The van der Waals surface area contributed by atoms with Crippen molar-refractivity contribution in [3.8, 4) is 0 Å². The predicted octanol–water partition coefficient (Wildman–Crippen LogP) is 0.853. The zero-order chi connectivity index (χ0) is 16.7. The standard InChI is InChI=1S/C17H22N2O4/c1-23-17(22)8-7-15(20)18-9-11-19(12-10-18)16(21)13-14-5-3-2-4-6-14/h2-6H,7-13H2,1H3. The first-order valence-electron chi connectivity index (χ1n) is 7.76. The Morgan fingerprint density at radius 1 is 0.913 bits per heavy atom. The van der Waals surface area contributed by atoms with Crippen LogP contribution in [0.5, 0.6) is 0 Å². The lowest BCUT2D eigenvalue weighted by molar-refractivity contribution is -0.144. The third-order valence-corrected chi connectivity index (χ3v) is 3.95. The summed E-state index contributed by atoms with van der Waals surface area (Å²) in [6.07, 6.45) is 0.643. The summed E-state index contributed by atoms with van der Waals surface area (Å²) in [6, 6.07) is 9.63. The van der Waals surface area contributed by atoms with Crippen LogP contribution in [0, 0.1) is 0 Å². The summed E-state index contributed by atoms with van der Waals surface area (Å²) in [5.74, 6) is -0.363. The van der Waals surface area contributed by atoms with Gasteiger partial charge in [-0.25, -0.2) is 0 Å². The summed E-state index contributed by atoms with van der Waals surface area (Å²) in [6.45, 7) is 2.10. The zero-order valence-electron chi connectivity index (χ0n) is 13.4. The second-order valence-electron chi connectivity index (χ2n) is 5.50. The molecule has 2 rings (SSSR count). The van der Waals surface area contributed by atoms with Gasteiger partial charge in [0.05, 0.1) is 20.0 Å². The second kappa shape index (κ2) is 8.31. The first-order chi connectivity index (χ1) is 11.1. The fourth-order valence-corrected chi connectivity index (χ4v) is 2.56. The van der Waals surface area contributed by atoms with Gasteiger partial charge in [-0.3, -0.25) is 14.4 Å². The number of carbonyl (C=O) groups is 3. The first-order valence-corrected chi connectivity index (χ1v) is 7.76. The number of methoxy groups -OCH3 is 1. The lowest BCUT2D eigenvalue weighted by Gasteiger charge is -2.35. The molecule has 0 saturated carbocycles. The van der Waals surface area contributed by atoms with Crippen molar-refractivity contribution in [1.29, 1.82) is 0 Å². The monoisotopic (exact) mass is 318 g/mol. The Hall–Kier alpha value is -2.37. The molecule has 1 aromatic carbocycles. The van der Waals surface area contributed by atoms with Crippen LogP contribution < -0.4 is 0 Å². The van der Waals surface area contributed by atoms with Crippen LogP contribution in [0.4, 0.5) is 0 Å². The molecule has 124 valence electrons. The van der Waals surface area contributed by atoms with Crippen LogP contribution in [-0.2, 0) is 25.5 Å². The Morgan fingerprint density at radius 3 is 2.04 bits per heavy atom. The van der Waals surface area contributed by atoms with E-state index in [0.29, 0.717) is 32.6 Å². The molecule has 1 heterocycles. The summed E-state index contributed by atoms with van der Waals surface area (Å²) >= 11 is 0. The van der Waals surface area contributed by atoms with E-state index in [0.717, 1.165) is 5.56 Å². The quantitative estimate of drug-likeness (QED) is 0.755. The molecule has 6 heteroatoms. The molecule has 1 fully saturated rings. The SMILES string of the molecule is COC(=O)CCC(=O)N1CCN(C(=O)Cc2ccccc2)CC1. The van der Waals surface area contributed by atoms with Crippen LogP contribution in [0.1, 0.15) is 18.4 Å². The normalized spacial score (nSPS) is 14.5. The Bertz CT molecular complexity index is 551. The van der Waals surface area contributed by atoms with Crippen LogP contribution in [0.15, 0.2) is 30.3 Å². The summed E-state index contributed by atoms with van der Waals surface area (Å²) in [5, 5.41) is 0. The predicted molar refractivity (Wildman–Crippen MR) is 84.6 cm³/mol. The number of piperazine rings is 1. The van der Waals surface area contributed by atoms with E-state index in [1.165, 1.54) is 7.11 Å². The molecule has 2 amide bonds. The number of nitrogens with zero attached hydrogens (tertiary/aromatic N) is 2. The molecule has 1 aromatic rings. The van der Waals surface area contributed by atoms with Gasteiger partial charge in [-0.2, -0.15) is 0 Å². The minimum Gasteiger partial charge on any atom is -0.469 e. The van der Waals surface area contributed by atoms with Crippen molar-refractivity contribution in [3.05, 3.63) is 35.9 Å². The van der Waals surface area contributed by atoms with Gasteiger partial charge in [0.25, 0.3) is 0 Å². The number of rotatable bonds is 5. The molecule has 0 aromatic heterocycles. The van der Waals surface area contributed by atoms with Crippen LogP contribution in [0.3, 0.4) is 0 Å². The number of ether oxygens (including phenoxy) is 1. The van der Waals surface area contributed by atoms with Crippen molar-refractivity contribution in [2.24, 2.45) is 0 Å². The van der Waals surface area contributed by atoms with Crippen molar-refractivity contribution in [3.63, 3.8) is 0 Å². The van der Waals surface area contributed by atoms with E-state index in [1.54, 1.807) is 9.80 Å². The highest BCUT2D eigenvalue weighted by Crippen LogP contribution is 2.09. The smallest absolute Gasteiger partial charge is 0.306 e. The van der Waals surface area contributed by atoms with Gasteiger partial charge in [0.1, 0.15) is 0 Å². The Kier molecular flexibility index (Phi) is 6.14. The number of hydrogen-bond acceptors (Lipinski definition) is 4. The average molecular weight is 318 g/mol. The fourth-order valence-electron chi connectivity index (χ4n) is 2.56. The minimum atomic E-state index is -0.380. The van der Waals surface area contributed by atoms with Gasteiger partial charge in [0, 0.05) is 32.6 Å². The molecule has 1 aliphatic heterocycles. The van der Waals surface area contributed by atoms with E-state index < -0.39 is 0 Å². The van der Waals surface area contributed by atoms with E-state index in [4.69, 9.17) is 0 Å². The number of hydrogen-bond donors (Lipinski definition) is 0. The summed E-state index contributed by atoms with van der Waals surface area (Å²) < 4.78 is 4.53. The van der Waals surface area contributed by atoms with Gasteiger partial charge in [-0.1, -0.05) is 30.3 Å². The third kappa shape index (κ3) is 5.09. The van der Waals surface area contributed by atoms with Crippen molar-refractivity contribution < 1.29 is 19.1 Å².